The van der Waals surface area contributed by atoms with Crippen LogP contribution in [0.1, 0.15) is 62.5 Å². The van der Waals surface area contributed by atoms with Crippen LogP contribution in [0.2, 0.25) is 0 Å². The molecule has 3 heteroatoms. The number of rotatable bonds is 6. The van der Waals surface area contributed by atoms with Gasteiger partial charge in [0.2, 0.25) is 0 Å². The van der Waals surface area contributed by atoms with Gasteiger partial charge in [-0.1, -0.05) is 19.8 Å². The van der Waals surface area contributed by atoms with E-state index >= 15 is 0 Å². The lowest BCUT2D eigenvalue weighted by Crippen LogP contribution is -2.25. The number of ether oxygens (including phenoxy) is 1. The topological polar surface area (TPSA) is 34.4 Å². The SMILES string of the molecule is Cc1oc(COC2CCCCC2C)cc1CNC1CC1. The molecule has 1 aromatic heterocycles. The summed E-state index contributed by atoms with van der Waals surface area (Å²) >= 11 is 0. The first-order chi connectivity index (χ1) is 9.72. The Morgan fingerprint density at radius 1 is 1.25 bits per heavy atom. The molecule has 0 aromatic carbocycles. The zero-order valence-corrected chi connectivity index (χ0v) is 12.8. The second kappa shape index (κ2) is 6.31. The first-order valence-electron chi connectivity index (χ1n) is 8.15. The summed E-state index contributed by atoms with van der Waals surface area (Å²) < 4.78 is 11.9. The summed E-state index contributed by atoms with van der Waals surface area (Å²) in [5.41, 5.74) is 1.28. The fourth-order valence-electron chi connectivity index (χ4n) is 3.10. The van der Waals surface area contributed by atoms with Crippen LogP contribution in [-0.2, 0) is 17.9 Å². The molecule has 0 spiro atoms. The number of nitrogens with one attached hydrogen (secondary N) is 1. The molecule has 1 aromatic rings. The lowest BCUT2D eigenvalue weighted by Gasteiger charge is -2.28. The second-order valence-electron chi connectivity index (χ2n) is 6.56. The molecule has 0 aliphatic heterocycles. The van der Waals surface area contributed by atoms with Gasteiger partial charge in [0.15, 0.2) is 0 Å². The molecule has 1 N–H and O–H groups in total. The normalized spacial score (nSPS) is 26.9. The number of hydrogen-bond donors (Lipinski definition) is 1. The number of aryl methyl sites for hydroxylation is 1. The Labute approximate surface area is 122 Å². The lowest BCUT2D eigenvalue weighted by atomic mass is 9.88. The van der Waals surface area contributed by atoms with Gasteiger partial charge in [-0.25, -0.2) is 0 Å². The summed E-state index contributed by atoms with van der Waals surface area (Å²) in [6, 6.07) is 2.91. The molecule has 0 bridgehead atoms. The summed E-state index contributed by atoms with van der Waals surface area (Å²) in [6.07, 6.45) is 8.25. The van der Waals surface area contributed by atoms with Gasteiger partial charge in [-0.3, -0.25) is 0 Å². The molecule has 2 aliphatic rings. The van der Waals surface area contributed by atoms with Crippen molar-refractivity contribution < 1.29 is 9.15 Å². The summed E-state index contributed by atoms with van der Waals surface area (Å²) in [5.74, 6) is 2.71. The van der Waals surface area contributed by atoms with Crippen molar-refractivity contribution in [2.45, 2.75) is 77.7 Å². The van der Waals surface area contributed by atoms with E-state index in [1.165, 1.54) is 44.1 Å². The van der Waals surface area contributed by atoms with Crippen LogP contribution in [0.25, 0.3) is 0 Å². The van der Waals surface area contributed by atoms with Gasteiger partial charge in [-0.15, -0.1) is 0 Å². The van der Waals surface area contributed by atoms with Crippen LogP contribution in [0.4, 0.5) is 0 Å². The first kappa shape index (κ1) is 14.2. The predicted molar refractivity (Wildman–Crippen MR) is 79.5 cm³/mol. The van der Waals surface area contributed by atoms with Gasteiger partial charge in [0.1, 0.15) is 18.1 Å². The van der Waals surface area contributed by atoms with Crippen LogP contribution in [0.5, 0.6) is 0 Å². The Morgan fingerprint density at radius 2 is 2.05 bits per heavy atom. The van der Waals surface area contributed by atoms with Gasteiger partial charge >= 0.3 is 0 Å². The lowest BCUT2D eigenvalue weighted by molar-refractivity contribution is -0.0221. The van der Waals surface area contributed by atoms with E-state index in [1.54, 1.807) is 0 Å². The van der Waals surface area contributed by atoms with Crippen molar-refractivity contribution in [2.24, 2.45) is 5.92 Å². The molecule has 2 atom stereocenters. The Hall–Kier alpha value is -0.800. The van der Waals surface area contributed by atoms with Crippen LogP contribution in [0.3, 0.4) is 0 Å². The van der Waals surface area contributed by atoms with E-state index in [1.807, 2.05) is 0 Å². The minimum absolute atomic E-state index is 0.419. The molecule has 20 heavy (non-hydrogen) atoms. The average molecular weight is 277 g/mol. The van der Waals surface area contributed by atoms with E-state index in [0.717, 1.165) is 24.1 Å². The third-order valence-corrected chi connectivity index (χ3v) is 4.70. The van der Waals surface area contributed by atoms with Crippen LogP contribution in [0.15, 0.2) is 10.5 Å². The van der Waals surface area contributed by atoms with Gasteiger partial charge in [0, 0.05) is 18.2 Å². The molecule has 2 fully saturated rings. The van der Waals surface area contributed by atoms with E-state index in [0.29, 0.717) is 18.6 Å². The van der Waals surface area contributed by atoms with Crippen molar-refractivity contribution in [3.63, 3.8) is 0 Å². The summed E-state index contributed by atoms with van der Waals surface area (Å²) in [4.78, 5) is 0. The highest BCUT2D eigenvalue weighted by molar-refractivity contribution is 5.20. The van der Waals surface area contributed by atoms with Gasteiger partial charge in [0.05, 0.1) is 6.10 Å². The third-order valence-electron chi connectivity index (χ3n) is 4.70. The van der Waals surface area contributed by atoms with E-state index in [-0.39, 0.29) is 0 Å². The quantitative estimate of drug-likeness (QED) is 0.855. The average Bonchev–Trinajstić information content (AvgIpc) is 3.20. The van der Waals surface area contributed by atoms with Crippen molar-refractivity contribution in [3.8, 4) is 0 Å². The van der Waals surface area contributed by atoms with Crippen LogP contribution in [0, 0.1) is 12.8 Å². The minimum atomic E-state index is 0.419. The Morgan fingerprint density at radius 3 is 2.80 bits per heavy atom. The maximum Gasteiger partial charge on any atom is 0.130 e. The fraction of sp³-hybridized carbons (Fsp3) is 0.765. The molecule has 1 heterocycles. The first-order valence-corrected chi connectivity index (χ1v) is 8.15. The zero-order valence-electron chi connectivity index (χ0n) is 12.8. The highest BCUT2D eigenvalue weighted by Crippen LogP contribution is 2.27. The fourth-order valence-corrected chi connectivity index (χ4v) is 3.10. The molecule has 3 rings (SSSR count). The van der Waals surface area contributed by atoms with E-state index in [4.69, 9.17) is 9.15 Å². The summed E-state index contributed by atoms with van der Waals surface area (Å²) in [6.45, 7) is 5.91. The van der Waals surface area contributed by atoms with Crippen LogP contribution < -0.4 is 5.32 Å². The highest BCUT2D eigenvalue weighted by atomic mass is 16.5. The van der Waals surface area contributed by atoms with Crippen LogP contribution >= 0.6 is 0 Å². The Kier molecular flexibility index (Phi) is 4.47. The predicted octanol–water partition coefficient (Wildman–Crippen LogP) is 3.94. The molecule has 3 nitrogen and oxygen atoms in total. The largest absolute Gasteiger partial charge is 0.464 e. The Balaban J connectivity index is 1.50. The van der Waals surface area contributed by atoms with Crippen molar-refractivity contribution in [2.75, 3.05) is 0 Å². The molecule has 2 saturated carbocycles. The molecular formula is C17H27NO2. The number of furan rings is 1. The van der Waals surface area contributed by atoms with E-state index < -0.39 is 0 Å². The molecule has 2 unspecified atom stereocenters. The maximum absolute atomic E-state index is 6.07. The molecule has 0 saturated heterocycles. The van der Waals surface area contributed by atoms with E-state index in [9.17, 15) is 0 Å². The van der Waals surface area contributed by atoms with Gasteiger partial charge < -0.3 is 14.5 Å². The van der Waals surface area contributed by atoms with Crippen molar-refractivity contribution >= 4 is 0 Å². The van der Waals surface area contributed by atoms with Gasteiger partial charge in [-0.05, 0) is 44.6 Å². The van der Waals surface area contributed by atoms with Crippen LogP contribution in [-0.4, -0.2) is 12.1 Å². The minimum Gasteiger partial charge on any atom is -0.464 e. The highest BCUT2D eigenvalue weighted by Gasteiger charge is 2.23. The standard InChI is InChI=1S/C17H27NO2/c1-12-5-3-4-6-17(12)19-11-16-9-14(13(2)20-16)10-18-15-7-8-15/h9,12,15,17-18H,3-8,10-11H2,1-2H3. The molecule has 2 aliphatic carbocycles. The second-order valence-corrected chi connectivity index (χ2v) is 6.56. The molecule has 112 valence electrons. The smallest absolute Gasteiger partial charge is 0.130 e. The Bertz CT molecular complexity index is 436. The third kappa shape index (κ3) is 3.64. The monoisotopic (exact) mass is 277 g/mol. The summed E-state index contributed by atoms with van der Waals surface area (Å²) in [7, 11) is 0. The summed E-state index contributed by atoms with van der Waals surface area (Å²) in [5, 5.41) is 3.54. The molecule has 0 amide bonds. The molecular weight excluding hydrogens is 250 g/mol. The van der Waals surface area contributed by atoms with Crippen molar-refractivity contribution in [1.82, 2.24) is 5.32 Å². The van der Waals surface area contributed by atoms with Crippen molar-refractivity contribution in [1.29, 1.82) is 0 Å². The zero-order chi connectivity index (χ0) is 13.9. The van der Waals surface area contributed by atoms with Crippen molar-refractivity contribution in [3.05, 3.63) is 23.2 Å². The van der Waals surface area contributed by atoms with Gasteiger partial charge in [0.25, 0.3) is 0 Å². The maximum atomic E-state index is 6.07. The van der Waals surface area contributed by atoms with E-state index in [2.05, 4.69) is 25.2 Å². The van der Waals surface area contributed by atoms with Gasteiger partial charge in [-0.2, -0.15) is 0 Å². The number of hydrogen-bond acceptors (Lipinski definition) is 3. The molecule has 0 radical (unpaired) electrons.